The van der Waals surface area contributed by atoms with Crippen molar-refractivity contribution in [2.45, 2.75) is 10.5 Å². The van der Waals surface area contributed by atoms with Crippen LogP contribution < -0.4 is 0 Å². The molecular weight excluding hydrogens is 229 g/mol. The molecule has 54 valence electrons. The number of nitrogens with zero attached hydrogens (tertiary/aromatic N) is 1. The first-order valence-electron chi connectivity index (χ1n) is 3.23. The Morgan fingerprint density at radius 1 is 1.67 bits per heavy atom. The van der Waals surface area contributed by atoms with Crippen molar-refractivity contribution in [3.8, 4) is 0 Å². The number of halogens is 1. The van der Waals surface area contributed by atoms with E-state index in [-0.39, 0.29) is 0 Å². The Bertz CT molecular complexity index is 79.1. The summed E-state index contributed by atoms with van der Waals surface area (Å²) in [5, 5.41) is 0. The number of rotatable bonds is 0. The predicted molar refractivity (Wildman–Crippen MR) is 45.9 cm³/mol. The smallest absolute Gasteiger partial charge is 0.0853 e. The van der Waals surface area contributed by atoms with E-state index < -0.39 is 0 Å². The minimum absolute atomic E-state index is 0.574. The molecule has 1 atom stereocenters. The van der Waals surface area contributed by atoms with Crippen molar-refractivity contribution in [3.63, 3.8) is 0 Å². The summed E-state index contributed by atoms with van der Waals surface area (Å²) >= 11 is 2.41. The zero-order valence-electron chi connectivity index (χ0n) is 5.64. The highest BCUT2D eigenvalue weighted by Gasteiger charge is 2.13. The number of hydrogen-bond acceptors (Lipinski definition) is 2. The largest absolute Gasteiger partial charge is 0.379 e. The molecule has 0 aliphatic carbocycles. The molecule has 2 nitrogen and oxygen atoms in total. The van der Waals surface area contributed by atoms with Crippen molar-refractivity contribution >= 4 is 22.6 Å². The Hall–Kier alpha value is 0.650. The number of alkyl halides is 1. The van der Waals surface area contributed by atoms with Gasteiger partial charge in [-0.15, -0.1) is 0 Å². The molecular formula is C6H12INO. The molecule has 0 radical (unpaired) electrons. The van der Waals surface area contributed by atoms with Gasteiger partial charge < -0.3 is 4.74 Å². The minimum Gasteiger partial charge on any atom is -0.379 e. The highest BCUT2D eigenvalue weighted by molar-refractivity contribution is 14.1. The van der Waals surface area contributed by atoms with Crippen molar-refractivity contribution < 1.29 is 4.74 Å². The molecule has 1 unspecified atom stereocenters. The quantitative estimate of drug-likeness (QED) is 0.357. The van der Waals surface area contributed by atoms with Gasteiger partial charge in [-0.3, -0.25) is 4.90 Å². The lowest BCUT2D eigenvalue weighted by atomic mass is 10.4. The van der Waals surface area contributed by atoms with Crippen molar-refractivity contribution in [1.82, 2.24) is 4.90 Å². The molecule has 0 aromatic heterocycles. The van der Waals surface area contributed by atoms with Gasteiger partial charge in [0.25, 0.3) is 0 Å². The third kappa shape index (κ3) is 2.39. The van der Waals surface area contributed by atoms with E-state index in [1.807, 2.05) is 0 Å². The molecule has 0 amide bonds. The van der Waals surface area contributed by atoms with E-state index in [2.05, 4.69) is 34.5 Å². The molecule has 1 heterocycles. The van der Waals surface area contributed by atoms with Crippen LogP contribution in [0.15, 0.2) is 0 Å². The fourth-order valence-electron chi connectivity index (χ4n) is 0.864. The molecule has 1 saturated heterocycles. The summed E-state index contributed by atoms with van der Waals surface area (Å²) in [6, 6.07) is 0. The van der Waals surface area contributed by atoms with Gasteiger partial charge >= 0.3 is 0 Å². The molecule has 1 rings (SSSR count). The monoisotopic (exact) mass is 241 g/mol. The highest BCUT2D eigenvalue weighted by Crippen LogP contribution is 2.10. The maximum absolute atomic E-state index is 5.33. The van der Waals surface area contributed by atoms with Gasteiger partial charge in [-0.2, -0.15) is 0 Å². The van der Waals surface area contributed by atoms with Gasteiger partial charge in [0, 0.05) is 13.2 Å². The molecule has 0 aromatic rings. The topological polar surface area (TPSA) is 12.5 Å². The Morgan fingerprint density at radius 2 is 2.44 bits per heavy atom. The van der Waals surface area contributed by atoms with Gasteiger partial charge in [-0.25, -0.2) is 0 Å². The summed E-state index contributed by atoms with van der Waals surface area (Å²) in [5.74, 6) is 0. The molecule has 1 aliphatic rings. The van der Waals surface area contributed by atoms with E-state index in [0.29, 0.717) is 4.05 Å². The lowest BCUT2D eigenvalue weighted by Gasteiger charge is -2.17. The van der Waals surface area contributed by atoms with Gasteiger partial charge in [0.2, 0.25) is 0 Å². The zero-order valence-corrected chi connectivity index (χ0v) is 7.80. The molecule has 0 spiro atoms. The minimum atomic E-state index is 0.574. The Labute approximate surface area is 69.7 Å². The van der Waals surface area contributed by atoms with Gasteiger partial charge in [-0.05, 0) is 13.5 Å². The summed E-state index contributed by atoms with van der Waals surface area (Å²) in [4.78, 5) is 2.33. The maximum atomic E-state index is 5.33. The molecule has 9 heavy (non-hydrogen) atoms. The molecule has 1 fully saturated rings. The third-order valence-electron chi connectivity index (χ3n) is 1.53. The summed E-state index contributed by atoms with van der Waals surface area (Å²) in [6.45, 7) is 2.99. The maximum Gasteiger partial charge on any atom is 0.0853 e. The summed E-state index contributed by atoms with van der Waals surface area (Å²) < 4.78 is 5.90. The zero-order chi connectivity index (χ0) is 6.69. The van der Waals surface area contributed by atoms with Crippen molar-refractivity contribution in [1.29, 1.82) is 0 Å². The van der Waals surface area contributed by atoms with Crippen LogP contribution in [0.1, 0.15) is 6.42 Å². The first kappa shape index (κ1) is 7.75. The predicted octanol–water partition coefficient (Wildman–Crippen LogP) is 1.10. The summed E-state index contributed by atoms with van der Waals surface area (Å²) in [7, 11) is 2.14. The molecule has 0 bridgehead atoms. The Kier molecular flexibility index (Phi) is 3.21. The first-order chi connectivity index (χ1) is 4.30. The van der Waals surface area contributed by atoms with Crippen molar-refractivity contribution in [2.75, 3.05) is 26.8 Å². The van der Waals surface area contributed by atoms with E-state index in [0.717, 1.165) is 13.2 Å². The lowest BCUT2D eigenvalue weighted by molar-refractivity contribution is 0.140. The van der Waals surface area contributed by atoms with E-state index in [9.17, 15) is 0 Å². The Morgan fingerprint density at radius 3 is 3.22 bits per heavy atom. The van der Waals surface area contributed by atoms with E-state index >= 15 is 0 Å². The Balaban J connectivity index is 2.32. The SMILES string of the molecule is CN1CCCOCC1I. The summed E-state index contributed by atoms with van der Waals surface area (Å²) in [6.07, 6.45) is 1.18. The van der Waals surface area contributed by atoms with E-state index in [4.69, 9.17) is 4.74 Å². The normalized spacial score (nSPS) is 32.0. The second-order valence-electron chi connectivity index (χ2n) is 2.34. The van der Waals surface area contributed by atoms with Crippen molar-refractivity contribution in [3.05, 3.63) is 0 Å². The van der Waals surface area contributed by atoms with Crippen LogP contribution in [0.3, 0.4) is 0 Å². The van der Waals surface area contributed by atoms with Gasteiger partial charge in [0.15, 0.2) is 0 Å². The molecule has 3 heteroatoms. The van der Waals surface area contributed by atoms with Crippen LogP contribution in [-0.2, 0) is 4.74 Å². The number of ether oxygens (including phenoxy) is 1. The van der Waals surface area contributed by atoms with Crippen LogP contribution in [-0.4, -0.2) is 35.8 Å². The van der Waals surface area contributed by atoms with E-state index in [1.54, 1.807) is 0 Å². The molecule has 1 aliphatic heterocycles. The third-order valence-corrected chi connectivity index (χ3v) is 2.84. The fourth-order valence-corrected chi connectivity index (χ4v) is 1.40. The average molecular weight is 241 g/mol. The fraction of sp³-hybridized carbons (Fsp3) is 1.00. The van der Waals surface area contributed by atoms with Crippen LogP contribution in [0.5, 0.6) is 0 Å². The van der Waals surface area contributed by atoms with Gasteiger partial charge in [-0.1, -0.05) is 22.6 Å². The standard InChI is InChI=1S/C6H12INO/c1-8-3-2-4-9-5-6(8)7/h6H,2-5H2,1H3. The van der Waals surface area contributed by atoms with E-state index in [1.165, 1.54) is 13.0 Å². The van der Waals surface area contributed by atoms with Crippen LogP contribution in [0.4, 0.5) is 0 Å². The first-order valence-corrected chi connectivity index (χ1v) is 4.47. The molecule has 0 saturated carbocycles. The summed E-state index contributed by atoms with van der Waals surface area (Å²) in [5.41, 5.74) is 0. The molecule has 0 N–H and O–H groups in total. The highest BCUT2D eigenvalue weighted by atomic mass is 127. The number of hydrogen-bond donors (Lipinski definition) is 0. The second kappa shape index (κ2) is 3.73. The average Bonchev–Trinajstić information content (AvgIpc) is 1.99. The van der Waals surface area contributed by atoms with Crippen LogP contribution >= 0.6 is 22.6 Å². The second-order valence-corrected chi connectivity index (χ2v) is 3.78. The van der Waals surface area contributed by atoms with Gasteiger partial charge in [0.05, 0.1) is 10.7 Å². The van der Waals surface area contributed by atoms with Crippen molar-refractivity contribution in [2.24, 2.45) is 0 Å². The molecule has 0 aromatic carbocycles. The van der Waals surface area contributed by atoms with Crippen LogP contribution in [0.25, 0.3) is 0 Å². The lowest BCUT2D eigenvalue weighted by Crippen LogP contribution is -2.28. The van der Waals surface area contributed by atoms with Crippen LogP contribution in [0.2, 0.25) is 0 Å². The number of likely N-dealkylation sites (N-methyl/N-ethyl adjacent to an activating group) is 1. The van der Waals surface area contributed by atoms with Gasteiger partial charge in [0.1, 0.15) is 0 Å². The van der Waals surface area contributed by atoms with Crippen LogP contribution in [0, 0.1) is 0 Å².